The van der Waals surface area contributed by atoms with Gasteiger partial charge in [0.25, 0.3) is 0 Å². The number of rotatable bonds is 4. The molecule has 1 saturated heterocycles. The van der Waals surface area contributed by atoms with Gasteiger partial charge < -0.3 is 9.64 Å². The summed E-state index contributed by atoms with van der Waals surface area (Å²) in [7, 11) is 0. The Balaban J connectivity index is 1.59. The second kappa shape index (κ2) is 6.08. The van der Waals surface area contributed by atoms with Crippen molar-refractivity contribution in [3.63, 3.8) is 0 Å². The number of hydrogen-bond acceptors (Lipinski definition) is 2. The fourth-order valence-corrected chi connectivity index (χ4v) is 3.14. The molecule has 1 saturated carbocycles. The Bertz CT molecular complexity index is 500. The number of ether oxygens (including phenoxy) is 1. The number of nitrogens with zero attached hydrogens (tertiary/aromatic N) is 1. The van der Waals surface area contributed by atoms with Crippen LogP contribution in [0, 0.1) is 5.92 Å². The van der Waals surface area contributed by atoms with Crippen molar-refractivity contribution in [1.82, 2.24) is 4.90 Å². The Morgan fingerprint density at radius 3 is 2.52 bits per heavy atom. The molecule has 0 unspecified atom stereocenters. The molecule has 0 atom stereocenters. The molecule has 3 nitrogen and oxygen atoms in total. The molecule has 0 aromatic heterocycles. The number of amides is 1. The van der Waals surface area contributed by atoms with Crippen molar-refractivity contribution in [2.75, 3.05) is 13.1 Å². The number of hydrogen-bond donors (Lipinski definition) is 0. The van der Waals surface area contributed by atoms with Gasteiger partial charge in [-0.25, -0.2) is 0 Å². The lowest BCUT2D eigenvalue weighted by Crippen LogP contribution is -2.38. The fourth-order valence-electron chi connectivity index (χ4n) is 3.14. The van der Waals surface area contributed by atoms with E-state index in [0.717, 1.165) is 44.5 Å². The highest BCUT2D eigenvalue weighted by atomic mass is 16.5. The summed E-state index contributed by atoms with van der Waals surface area (Å²) in [6.07, 6.45) is 4.56. The van der Waals surface area contributed by atoms with E-state index >= 15 is 0 Å². The minimum Gasteiger partial charge on any atom is -0.491 e. The van der Waals surface area contributed by atoms with Gasteiger partial charge >= 0.3 is 0 Å². The van der Waals surface area contributed by atoms with Crippen molar-refractivity contribution in [1.29, 1.82) is 0 Å². The average molecular weight is 287 g/mol. The van der Waals surface area contributed by atoms with Crippen LogP contribution in [0.3, 0.4) is 0 Å². The molecular weight excluding hydrogens is 262 g/mol. The summed E-state index contributed by atoms with van der Waals surface area (Å²) in [5, 5.41) is 0. The van der Waals surface area contributed by atoms with E-state index < -0.39 is 0 Å². The maximum Gasteiger partial charge on any atom is 0.225 e. The van der Waals surface area contributed by atoms with Crippen LogP contribution in [-0.4, -0.2) is 30.0 Å². The molecule has 3 rings (SSSR count). The molecule has 1 aromatic carbocycles. The van der Waals surface area contributed by atoms with Gasteiger partial charge in [0.2, 0.25) is 5.91 Å². The topological polar surface area (TPSA) is 29.5 Å². The molecule has 0 radical (unpaired) electrons. The van der Waals surface area contributed by atoms with Crippen LogP contribution in [0.4, 0.5) is 0 Å². The van der Waals surface area contributed by atoms with E-state index in [1.54, 1.807) is 0 Å². The first kappa shape index (κ1) is 14.4. The molecule has 114 valence electrons. The average Bonchev–Trinajstić information content (AvgIpc) is 3.31. The Kier molecular flexibility index (Phi) is 4.18. The summed E-state index contributed by atoms with van der Waals surface area (Å²) in [4.78, 5) is 14.2. The molecule has 0 spiro atoms. The molecular formula is C18H25NO2. The molecule has 1 aliphatic carbocycles. The van der Waals surface area contributed by atoms with E-state index in [0.29, 0.717) is 17.7 Å². The number of piperidine rings is 1. The second-order valence-corrected chi connectivity index (χ2v) is 6.61. The van der Waals surface area contributed by atoms with Crippen LogP contribution >= 0.6 is 0 Å². The summed E-state index contributed by atoms with van der Waals surface area (Å²) < 4.78 is 5.78. The molecule has 3 heteroatoms. The van der Waals surface area contributed by atoms with E-state index in [-0.39, 0.29) is 6.10 Å². The molecule has 21 heavy (non-hydrogen) atoms. The minimum atomic E-state index is 0.207. The molecule has 1 amide bonds. The smallest absolute Gasteiger partial charge is 0.225 e. The largest absolute Gasteiger partial charge is 0.491 e. The quantitative estimate of drug-likeness (QED) is 0.847. The predicted molar refractivity (Wildman–Crippen MR) is 83.5 cm³/mol. The molecule has 0 bridgehead atoms. The lowest BCUT2D eigenvalue weighted by atomic mass is 9.89. The monoisotopic (exact) mass is 287 g/mol. The van der Waals surface area contributed by atoms with Gasteiger partial charge in [0.1, 0.15) is 5.75 Å². The summed E-state index contributed by atoms with van der Waals surface area (Å²) in [6.45, 7) is 5.92. The van der Waals surface area contributed by atoms with Crippen LogP contribution in [0.15, 0.2) is 24.3 Å². The third-order valence-corrected chi connectivity index (χ3v) is 4.43. The first-order valence-electron chi connectivity index (χ1n) is 8.19. The van der Waals surface area contributed by atoms with Crippen LogP contribution < -0.4 is 4.74 Å². The van der Waals surface area contributed by atoms with Crippen molar-refractivity contribution < 1.29 is 9.53 Å². The first-order chi connectivity index (χ1) is 10.1. The zero-order valence-corrected chi connectivity index (χ0v) is 13.0. The van der Waals surface area contributed by atoms with E-state index in [9.17, 15) is 4.79 Å². The van der Waals surface area contributed by atoms with Crippen LogP contribution in [0.1, 0.15) is 51.0 Å². The Morgan fingerprint density at radius 2 is 1.90 bits per heavy atom. The highest BCUT2D eigenvalue weighted by Gasteiger charge is 2.35. The highest BCUT2D eigenvalue weighted by Crippen LogP contribution is 2.35. The highest BCUT2D eigenvalue weighted by molar-refractivity contribution is 5.81. The van der Waals surface area contributed by atoms with Gasteiger partial charge in [0.05, 0.1) is 6.10 Å². The third-order valence-electron chi connectivity index (χ3n) is 4.43. The molecule has 2 aliphatic rings. The van der Waals surface area contributed by atoms with Gasteiger partial charge in [-0.3, -0.25) is 4.79 Å². The number of carbonyl (C=O) groups is 1. The van der Waals surface area contributed by atoms with Gasteiger partial charge in [-0.05, 0) is 63.1 Å². The van der Waals surface area contributed by atoms with Gasteiger partial charge in [-0.15, -0.1) is 0 Å². The van der Waals surface area contributed by atoms with Gasteiger partial charge in [-0.2, -0.15) is 0 Å². The SMILES string of the molecule is CC(C)Oc1cccc(C2CCN(C(=O)C3CC3)CC2)c1. The fraction of sp³-hybridized carbons (Fsp3) is 0.611. The predicted octanol–water partition coefficient (Wildman–Crippen LogP) is 3.59. The second-order valence-electron chi connectivity index (χ2n) is 6.61. The van der Waals surface area contributed by atoms with Crippen LogP contribution in [-0.2, 0) is 4.79 Å². The Hall–Kier alpha value is -1.51. The molecule has 2 fully saturated rings. The molecule has 1 heterocycles. The van der Waals surface area contributed by atoms with Crippen molar-refractivity contribution in [3.8, 4) is 5.75 Å². The summed E-state index contributed by atoms with van der Waals surface area (Å²) in [6, 6.07) is 8.46. The zero-order valence-electron chi connectivity index (χ0n) is 13.0. The summed E-state index contributed by atoms with van der Waals surface area (Å²) in [5.74, 6) is 2.26. The van der Waals surface area contributed by atoms with Crippen LogP contribution in [0.5, 0.6) is 5.75 Å². The van der Waals surface area contributed by atoms with Crippen molar-refractivity contribution in [2.45, 2.75) is 51.6 Å². The lowest BCUT2D eigenvalue weighted by molar-refractivity contribution is -0.133. The summed E-state index contributed by atoms with van der Waals surface area (Å²) in [5.41, 5.74) is 1.35. The van der Waals surface area contributed by atoms with E-state index in [2.05, 4.69) is 36.9 Å². The molecule has 1 aromatic rings. The van der Waals surface area contributed by atoms with Crippen LogP contribution in [0.25, 0.3) is 0 Å². The Morgan fingerprint density at radius 1 is 1.19 bits per heavy atom. The van der Waals surface area contributed by atoms with Gasteiger partial charge in [0, 0.05) is 19.0 Å². The minimum absolute atomic E-state index is 0.207. The van der Waals surface area contributed by atoms with E-state index in [4.69, 9.17) is 4.74 Å². The molecule has 1 aliphatic heterocycles. The zero-order chi connectivity index (χ0) is 14.8. The van der Waals surface area contributed by atoms with Gasteiger partial charge in [-0.1, -0.05) is 12.1 Å². The summed E-state index contributed by atoms with van der Waals surface area (Å²) >= 11 is 0. The third kappa shape index (κ3) is 3.58. The Labute approximate surface area is 127 Å². The standard InChI is InChI=1S/C18H25NO2/c1-13(2)21-17-5-3-4-16(12-17)14-8-10-19(11-9-14)18(20)15-6-7-15/h3-5,12-15H,6-11H2,1-2H3. The first-order valence-corrected chi connectivity index (χ1v) is 8.19. The normalized spacial score (nSPS) is 19.9. The van der Waals surface area contributed by atoms with E-state index in [1.807, 2.05) is 6.07 Å². The van der Waals surface area contributed by atoms with Crippen molar-refractivity contribution in [3.05, 3.63) is 29.8 Å². The molecule has 0 N–H and O–H groups in total. The number of likely N-dealkylation sites (tertiary alicyclic amines) is 1. The van der Waals surface area contributed by atoms with E-state index in [1.165, 1.54) is 5.56 Å². The van der Waals surface area contributed by atoms with Crippen LogP contribution in [0.2, 0.25) is 0 Å². The van der Waals surface area contributed by atoms with Crippen molar-refractivity contribution in [2.24, 2.45) is 5.92 Å². The maximum atomic E-state index is 12.1. The number of carbonyl (C=O) groups excluding carboxylic acids is 1. The van der Waals surface area contributed by atoms with Crippen molar-refractivity contribution >= 4 is 5.91 Å². The lowest BCUT2D eigenvalue weighted by Gasteiger charge is -2.32. The number of benzene rings is 1. The maximum absolute atomic E-state index is 12.1. The van der Waals surface area contributed by atoms with Gasteiger partial charge in [0.15, 0.2) is 0 Å².